The van der Waals surface area contributed by atoms with Gasteiger partial charge in [0.05, 0.1) is 0 Å². The highest BCUT2D eigenvalue weighted by Crippen LogP contribution is 2.24. The number of carbonyl (C=O) groups is 1. The van der Waals surface area contributed by atoms with E-state index in [-0.39, 0.29) is 17.4 Å². The fourth-order valence-corrected chi connectivity index (χ4v) is 1.82. The number of hydrogen-bond donors (Lipinski definition) is 3. The third kappa shape index (κ3) is 3.48. The molecular weight excluding hydrogens is 310 g/mol. The van der Waals surface area contributed by atoms with E-state index in [0.717, 1.165) is 10.0 Å². The van der Waals surface area contributed by atoms with E-state index >= 15 is 0 Å². The largest absolute Gasteiger partial charge is 0.504 e. The zero-order valence-electron chi connectivity index (χ0n) is 9.93. The quantitative estimate of drug-likeness (QED) is 0.761. The Hall–Kier alpha value is -2.01. The zero-order chi connectivity index (χ0) is 13.8. The van der Waals surface area contributed by atoms with E-state index in [1.807, 2.05) is 24.3 Å². The van der Waals surface area contributed by atoms with Gasteiger partial charge < -0.3 is 15.5 Å². The predicted molar refractivity (Wildman–Crippen MR) is 75.1 cm³/mol. The van der Waals surface area contributed by atoms with Gasteiger partial charge in [-0.1, -0.05) is 28.1 Å². The van der Waals surface area contributed by atoms with Crippen LogP contribution in [0.1, 0.15) is 15.9 Å². The van der Waals surface area contributed by atoms with Crippen molar-refractivity contribution in [3.8, 4) is 11.5 Å². The number of halogens is 1. The highest BCUT2D eigenvalue weighted by Gasteiger charge is 2.08. The smallest absolute Gasteiger partial charge is 0.251 e. The Morgan fingerprint density at radius 1 is 1.05 bits per heavy atom. The average molecular weight is 322 g/mol. The van der Waals surface area contributed by atoms with Crippen molar-refractivity contribution < 1.29 is 15.0 Å². The summed E-state index contributed by atoms with van der Waals surface area (Å²) in [7, 11) is 0. The lowest BCUT2D eigenvalue weighted by atomic mass is 10.1. The molecule has 19 heavy (non-hydrogen) atoms. The predicted octanol–water partition coefficient (Wildman–Crippen LogP) is 2.79. The number of phenols is 2. The minimum absolute atomic E-state index is 0.246. The minimum atomic E-state index is -0.309. The molecule has 0 aliphatic rings. The summed E-state index contributed by atoms with van der Waals surface area (Å²) in [5.74, 6) is -0.862. The van der Waals surface area contributed by atoms with Crippen molar-refractivity contribution in [1.82, 2.24) is 5.32 Å². The maximum atomic E-state index is 11.8. The third-order valence-corrected chi connectivity index (χ3v) is 3.13. The summed E-state index contributed by atoms with van der Waals surface area (Å²) in [4.78, 5) is 11.8. The summed E-state index contributed by atoms with van der Waals surface area (Å²) in [6.45, 7) is 0.397. The van der Waals surface area contributed by atoms with Crippen LogP contribution in [0.25, 0.3) is 0 Å². The Morgan fingerprint density at radius 3 is 2.37 bits per heavy atom. The first-order valence-corrected chi connectivity index (χ1v) is 6.40. The molecule has 0 fully saturated rings. The molecule has 0 atom stereocenters. The number of amides is 1. The molecule has 0 heterocycles. The lowest BCUT2D eigenvalue weighted by Crippen LogP contribution is -2.22. The summed E-state index contributed by atoms with van der Waals surface area (Å²) in [5.41, 5.74) is 1.27. The average Bonchev–Trinajstić information content (AvgIpc) is 2.41. The lowest BCUT2D eigenvalue weighted by molar-refractivity contribution is 0.0950. The summed E-state index contributed by atoms with van der Waals surface area (Å²) in [5, 5.41) is 21.2. The van der Waals surface area contributed by atoms with Crippen LogP contribution < -0.4 is 5.32 Å². The van der Waals surface area contributed by atoms with Crippen molar-refractivity contribution >= 4 is 21.8 Å². The Kier molecular flexibility index (Phi) is 4.06. The summed E-state index contributed by atoms with van der Waals surface area (Å²) in [6, 6.07) is 11.6. The van der Waals surface area contributed by atoms with Gasteiger partial charge in [-0.25, -0.2) is 0 Å². The molecule has 3 N–H and O–H groups in total. The van der Waals surface area contributed by atoms with Gasteiger partial charge in [0, 0.05) is 16.6 Å². The van der Waals surface area contributed by atoms with Crippen LogP contribution >= 0.6 is 15.9 Å². The second-order valence-corrected chi connectivity index (χ2v) is 4.93. The van der Waals surface area contributed by atoms with Crippen molar-refractivity contribution in [3.05, 3.63) is 58.1 Å². The number of rotatable bonds is 3. The van der Waals surface area contributed by atoms with Crippen molar-refractivity contribution in [3.63, 3.8) is 0 Å². The van der Waals surface area contributed by atoms with Crippen LogP contribution in [0.5, 0.6) is 11.5 Å². The molecule has 98 valence electrons. The van der Waals surface area contributed by atoms with Crippen LogP contribution in [0.3, 0.4) is 0 Å². The summed E-state index contributed by atoms with van der Waals surface area (Å²) < 4.78 is 0.978. The van der Waals surface area contributed by atoms with Crippen LogP contribution in [0.15, 0.2) is 46.9 Å². The number of aromatic hydroxyl groups is 2. The van der Waals surface area contributed by atoms with E-state index in [1.54, 1.807) is 0 Å². The van der Waals surface area contributed by atoms with Gasteiger partial charge in [-0.3, -0.25) is 4.79 Å². The highest BCUT2D eigenvalue weighted by molar-refractivity contribution is 9.10. The van der Waals surface area contributed by atoms with E-state index in [0.29, 0.717) is 12.1 Å². The molecule has 0 saturated carbocycles. The molecule has 0 aliphatic carbocycles. The van der Waals surface area contributed by atoms with Gasteiger partial charge in [-0.15, -0.1) is 0 Å². The molecule has 0 aliphatic heterocycles. The Morgan fingerprint density at radius 2 is 1.74 bits per heavy atom. The maximum Gasteiger partial charge on any atom is 0.251 e. The number of nitrogens with one attached hydrogen (secondary N) is 1. The first-order chi connectivity index (χ1) is 9.06. The zero-order valence-corrected chi connectivity index (χ0v) is 11.5. The van der Waals surface area contributed by atoms with E-state index in [2.05, 4.69) is 21.2 Å². The van der Waals surface area contributed by atoms with Gasteiger partial charge in [0.1, 0.15) is 0 Å². The van der Waals surface area contributed by atoms with Crippen molar-refractivity contribution in [2.24, 2.45) is 0 Å². The van der Waals surface area contributed by atoms with Crippen LogP contribution in [0.2, 0.25) is 0 Å². The van der Waals surface area contributed by atoms with E-state index in [1.165, 1.54) is 18.2 Å². The van der Waals surface area contributed by atoms with Gasteiger partial charge in [-0.05, 0) is 35.9 Å². The molecule has 0 spiro atoms. The monoisotopic (exact) mass is 321 g/mol. The van der Waals surface area contributed by atoms with Crippen LogP contribution in [-0.4, -0.2) is 16.1 Å². The summed E-state index contributed by atoms with van der Waals surface area (Å²) >= 11 is 3.34. The maximum absolute atomic E-state index is 11.8. The number of carbonyl (C=O) groups excluding carboxylic acids is 1. The van der Waals surface area contributed by atoms with Crippen molar-refractivity contribution in [2.45, 2.75) is 6.54 Å². The van der Waals surface area contributed by atoms with Crippen molar-refractivity contribution in [2.75, 3.05) is 0 Å². The van der Waals surface area contributed by atoms with E-state index in [9.17, 15) is 15.0 Å². The minimum Gasteiger partial charge on any atom is -0.504 e. The Labute approximate surface area is 118 Å². The highest BCUT2D eigenvalue weighted by atomic mass is 79.9. The second kappa shape index (κ2) is 5.75. The van der Waals surface area contributed by atoms with Crippen LogP contribution in [-0.2, 0) is 6.54 Å². The van der Waals surface area contributed by atoms with Gasteiger partial charge in [0.15, 0.2) is 11.5 Å². The first kappa shape index (κ1) is 13.4. The van der Waals surface area contributed by atoms with Gasteiger partial charge in [0.25, 0.3) is 5.91 Å². The molecular formula is C14H12BrNO3. The van der Waals surface area contributed by atoms with Crippen LogP contribution in [0.4, 0.5) is 0 Å². The first-order valence-electron chi connectivity index (χ1n) is 5.61. The van der Waals surface area contributed by atoms with Crippen molar-refractivity contribution in [1.29, 1.82) is 0 Å². The molecule has 4 nitrogen and oxygen atoms in total. The SMILES string of the molecule is O=C(NCc1ccc(Br)cc1)c1ccc(O)c(O)c1. The number of benzene rings is 2. The second-order valence-electron chi connectivity index (χ2n) is 4.01. The fourth-order valence-electron chi connectivity index (χ4n) is 1.55. The number of hydrogen-bond acceptors (Lipinski definition) is 3. The molecule has 5 heteroatoms. The lowest BCUT2D eigenvalue weighted by Gasteiger charge is -2.06. The molecule has 2 rings (SSSR count). The van der Waals surface area contributed by atoms with Crippen LogP contribution in [0, 0.1) is 0 Å². The third-order valence-electron chi connectivity index (χ3n) is 2.60. The normalized spacial score (nSPS) is 10.2. The molecule has 0 radical (unpaired) electrons. The molecule has 0 saturated heterocycles. The Bertz CT molecular complexity index is 596. The summed E-state index contributed by atoms with van der Waals surface area (Å²) in [6.07, 6.45) is 0. The molecule has 1 amide bonds. The molecule has 2 aromatic carbocycles. The molecule has 0 aromatic heterocycles. The van der Waals surface area contributed by atoms with Gasteiger partial charge >= 0.3 is 0 Å². The fraction of sp³-hybridized carbons (Fsp3) is 0.0714. The van der Waals surface area contributed by atoms with Gasteiger partial charge in [0.2, 0.25) is 0 Å². The molecule has 0 bridgehead atoms. The standard InChI is InChI=1S/C14H12BrNO3/c15-11-4-1-9(2-5-11)8-16-14(19)10-3-6-12(17)13(18)7-10/h1-7,17-18H,8H2,(H,16,19). The van der Waals surface area contributed by atoms with Gasteiger partial charge in [-0.2, -0.15) is 0 Å². The molecule has 2 aromatic rings. The van der Waals surface area contributed by atoms with E-state index in [4.69, 9.17) is 0 Å². The molecule has 0 unspecified atom stereocenters. The van der Waals surface area contributed by atoms with E-state index < -0.39 is 0 Å². The number of phenolic OH excluding ortho intramolecular Hbond substituents is 2. The topological polar surface area (TPSA) is 69.6 Å². The Balaban J connectivity index is 2.01.